The molecule has 4 N–H and O–H groups in total. The van der Waals surface area contributed by atoms with Crippen molar-refractivity contribution in [2.45, 2.75) is 0 Å². The minimum atomic E-state index is -0.532. The highest BCUT2D eigenvalue weighted by atomic mass is 16.5. The number of ether oxygens (including phenoxy) is 1. The Morgan fingerprint density at radius 1 is 1.04 bits per heavy atom. The van der Waals surface area contributed by atoms with Gasteiger partial charge >= 0.3 is 0 Å². The van der Waals surface area contributed by atoms with E-state index in [4.69, 9.17) is 10.5 Å². The van der Waals surface area contributed by atoms with Crippen molar-refractivity contribution in [3.05, 3.63) is 59.7 Å². The lowest BCUT2D eigenvalue weighted by Crippen LogP contribution is -2.21. The van der Waals surface area contributed by atoms with Crippen LogP contribution in [-0.4, -0.2) is 31.4 Å². The van der Waals surface area contributed by atoms with Gasteiger partial charge in [-0.25, -0.2) is 0 Å². The van der Waals surface area contributed by atoms with E-state index in [1.165, 1.54) is 19.2 Å². The van der Waals surface area contributed by atoms with E-state index >= 15 is 0 Å². The molecule has 0 spiro atoms. The van der Waals surface area contributed by atoms with Crippen molar-refractivity contribution >= 4 is 23.4 Å². The Morgan fingerprint density at radius 2 is 1.75 bits per heavy atom. The number of primary amides is 1. The van der Waals surface area contributed by atoms with Gasteiger partial charge in [0.15, 0.2) is 6.61 Å². The number of hydrogen-bond acceptors (Lipinski definition) is 4. The smallest absolute Gasteiger partial charge is 0.262 e. The molecule has 124 valence electrons. The standard InChI is InChI=1S/C17H17N3O4/c1-19-17(23)12-3-2-4-13(9-12)20-15(21)10-24-14-7-5-11(6-8-14)16(18)22/h2-9H,10H2,1H3,(H2,18,22)(H,19,23)(H,20,21). The molecule has 0 heterocycles. The fourth-order valence-electron chi connectivity index (χ4n) is 1.94. The van der Waals surface area contributed by atoms with Crippen molar-refractivity contribution in [2.24, 2.45) is 5.73 Å². The van der Waals surface area contributed by atoms with Crippen molar-refractivity contribution in [1.29, 1.82) is 0 Å². The topological polar surface area (TPSA) is 111 Å². The van der Waals surface area contributed by atoms with E-state index in [9.17, 15) is 14.4 Å². The Balaban J connectivity index is 1.91. The second kappa shape index (κ2) is 7.77. The van der Waals surface area contributed by atoms with Gasteiger partial charge in [-0.3, -0.25) is 14.4 Å². The molecule has 0 unspecified atom stereocenters. The van der Waals surface area contributed by atoms with Gasteiger partial charge in [-0.2, -0.15) is 0 Å². The van der Waals surface area contributed by atoms with Gasteiger partial charge < -0.3 is 21.1 Å². The molecule has 0 bridgehead atoms. The number of carbonyl (C=O) groups is 3. The number of nitrogens with two attached hydrogens (primary N) is 1. The summed E-state index contributed by atoms with van der Waals surface area (Å²) in [7, 11) is 1.53. The normalized spacial score (nSPS) is 9.88. The summed E-state index contributed by atoms with van der Waals surface area (Å²) in [6, 6.07) is 12.7. The van der Waals surface area contributed by atoms with Crippen molar-refractivity contribution in [3.8, 4) is 5.75 Å². The zero-order valence-corrected chi connectivity index (χ0v) is 13.0. The number of hydrogen-bond donors (Lipinski definition) is 3. The monoisotopic (exact) mass is 327 g/mol. The molecule has 3 amide bonds. The number of nitrogens with one attached hydrogen (secondary N) is 2. The zero-order chi connectivity index (χ0) is 17.5. The van der Waals surface area contributed by atoms with Crippen LogP contribution in [0.3, 0.4) is 0 Å². The maximum Gasteiger partial charge on any atom is 0.262 e. The highest BCUT2D eigenvalue weighted by Gasteiger charge is 2.07. The maximum atomic E-state index is 11.9. The van der Waals surface area contributed by atoms with Gasteiger partial charge in [0.05, 0.1) is 0 Å². The summed E-state index contributed by atoms with van der Waals surface area (Å²) in [6.45, 7) is -0.208. The molecule has 7 nitrogen and oxygen atoms in total. The number of anilines is 1. The molecule has 0 radical (unpaired) electrons. The lowest BCUT2D eigenvalue weighted by Gasteiger charge is -2.09. The molecule has 24 heavy (non-hydrogen) atoms. The molecule has 0 saturated heterocycles. The Labute approximate surface area is 138 Å². The predicted octanol–water partition coefficient (Wildman–Crippen LogP) is 1.16. The molecule has 0 aliphatic heterocycles. The van der Waals surface area contributed by atoms with Crippen LogP contribution >= 0.6 is 0 Å². The number of carbonyl (C=O) groups excluding carboxylic acids is 3. The first-order valence-corrected chi connectivity index (χ1v) is 7.14. The minimum Gasteiger partial charge on any atom is -0.484 e. The van der Waals surface area contributed by atoms with Gasteiger partial charge in [0.25, 0.3) is 11.8 Å². The number of amides is 3. The van der Waals surface area contributed by atoms with Crippen molar-refractivity contribution in [3.63, 3.8) is 0 Å². The largest absolute Gasteiger partial charge is 0.484 e. The van der Waals surface area contributed by atoms with E-state index in [0.29, 0.717) is 22.6 Å². The predicted molar refractivity (Wildman–Crippen MR) is 88.9 cm³/mol. The molecular formula is C17H17N3O4. The first-order chi connectivity index (χ1) is 11.5. The van der Waals surface area contributed by atoms with Crippen LogP contribution in [0.15, 0.2) is 48.5 Å². The Bertz CT molecular complexity index is 757. The summed E-state index contributed by atoms with van der Waals surface area (Å²) >= 11 is 0. The summed E-state index contributed by atoms with van der Waals surface area (Å²) in [4.78, 5) is 34.4. The minimum absolute atomic E-state index is 0.208. The van der Waals surface area contributed by atoms with E-state index in [1.54, 1.807) is 36.4 Å². The molecule has 0 saturated carbocycles. The molecule has 0 aliphatic rings. The maximum absolute atomic E-state index is 11.9. The average molecular weight is 327 g/mol. The van der Waals surface area contributed by atoms with Crippen LogP contribution in [0.5, 0.6) is 5.75 Å². The van der Waals surface area contributed by atoms with Gasteiger partial charge in [-0.05, 0) is 42.5 Å². The highest BCUT2D eigenvalue weighted by Crippen LogP contribution is 2.13. The highest BCUT2D eigenvalue weighted by molar-refractivity contribution is 5.97. The van der Waals surface area contributed by atoms with E-state index < -0.39 is 5.91 Å². The van der Waals surface area contributed by atoms with Crippen molar-refractivity contribution in [1.82, 2.24) is 5.32 Å². The molecule has 2 aromatic rings. The second-order valence-corrected chi connectivity index (χ2v) is 4.89. The van der Waals surface area contributed by atoms with Crippen molar-refractivity contribution < 1.29 is 19.1 Å². The molecule has 2 aromatic carbocycles. The van der Waals surface area contributed by atoms with Crippen LogP contribution in [-0.2, 0) is 4.79 Å². The first kappa shape index (κ1) is 17.0. The Kier molecular flexibility index (Phi) is 5.51. The van der Waals surface area contributed by atoms with E-state index in [2.05, 4.69) is 10.6 Å². The third-order valence-electron chi connectivity index (χ3n) is 3.14. The van der Waals surface area contributed by atoms with E-state index in [-0.39, 0.29) is 18.4 Å². The molecular weight excluding hydrogens is 310 g/mol. The van der Waals surface area contributed by atoms with Crippen LogP contribution in [0.1, 0.15) is 20.7 Å². The number of rotatable bonds is 6. The molecule has 0 aromatic heterocycles. The van der Waals surface area contributed by atoms with Crippen LogP contribution < -0.4 is 21.1 Å². The fourth-order valence-corrected chi connectivity index (χ4v) is 1.94. The van der Waals surface area contributed by atoms with Crippen molar-refractivity contribution in [2.75, 3.05) is 19.0 Å². The lowest BCUT2D eigenvalue weighted by atomic mass is 10.2. The Hall–Kier alpha value is -3.35. The van der Waals surface area contributed by atoms with Crippen LogP contribution in [0.4, 0.5) is 5.69 Å². The lowest BCUT2D eigenvalue weighted by molar-refractivity contribution is -0.118. The van der Waals surface area contributed by atoms with Gasteiger partial charge in [0.1, 0.15) is 5.75 Å². The third-order valence-corrected chi connectivity index (χ3v) is 3.14. The zero-order valence-electron chi connectivity index (χ0n) is 13.0. The van der Waals surface area contributed by atoms with Crippen LogP contribution in [0.2, 0.25) is 0 Å². The Morgan fingerprint density at radius 3 is 2.38 bits per heavy atom. The summed E-state index contributed by atoms with van der Waals surface area (Å²) in [6.07, 6.45) is 0. The van der Waals surface area contributed by atoms with Crippen LogP contribution in [0, 0.1) is 0 Å². The number of benzene rings is 2. The van der Waals surface area contributed by atoms with Gasteiger partial charge in [0.2, 0.25) is 5.91 Å². The average Bonchev–Trinajstić information content (AvgIpc) is 2.59. The van der Waals surface area contributed by atoms with E-state index in [0.717, 1.165) is 0 Å². The third kappa shape index (κ3) is 4.57. The van der Waals surface area contributed by atoms with Gasteiger partial charge in [0, 0.05) is 23.9 Å². The summed E-state index contributed by atoms with van der Waals surface area (Å²) in [5.74, 6) is -0.704. The SMILES string of the molecule is CNC(=O)c1cccc(NC(=O)COc2ccc(C(N)=O)cc2)c1. The fraction of sp³-hybridized carbons (Fsp3) is 0.118. The molecule has 0 atom stereocenters. The molecule has 0 fully saturated rings. The molecule has 7 heteroatoms. The van der Waals surface area contributed by atoms with E-state index in [1.807, 2.05) is 0 Å². The summed E-state index contributed by atoms with van der Waals surface area (Å²) in [5.41, 5.74) is 6.44. The first-order valence-electron chi connectivity index (χ1n) is 7.14. The van der Waals surface area contributed by atoms with Crippen LogP contribution in [0.25, 0.3) is 0 Å². The second-order valence-electron chi connectivity index (χ2n) is 4.89. The summed E-state index contributed by atoms with van der Waals surface area (Å²) in [5, 5.41) is 5.15. The molecule has 2 rings (SSSR count). The van der Waals surface area contributed by atoms with Gasteiger partial charge in [-0.1, -0.05) is 6.07 Å². The van der Waals surface area contributed by atoms with Gasteiger partial charge in [-0.15, -0.1) is 0 Å². The summed E-state index contributed by atoms with van der Waals surface area (Å²) < 4.78 is 5.33. The molecule has 0 aliphatic carbocycles. The quantitative estimate of drug-likeness (QED) is 0.739.